The van der Waals surface area contributed by atoms with E-state index in [1.807, 2.05) is 24.3 Å². The van der Waals surface area contributed by atoms with Crippen molar-refractivity contribution in [1.29, 1.82) is 0 Å². The highest BCUT2D eigenvalue weighted by molar-refractivity contribution is 5.74. The van der Waals surface area contributed by atoms with Gasteiger partial charge in [-0.25, -0.2) is 0 Å². The maximum Gasteiger partial charge on any atom is 0.295 e. The minimum atomic E-state index is 0.447. The minimum absolute atomic E-state index is 0.447. The first-order valence-corrected chi connectivity index (χ1v) is 6.30. The van der Waals surface area contributed by atoms with Gasteiger partial charge in [-0.2, -0.15) is 4.98 Å². The van der Waals surface area contributed by atoms with Gasteiger partial charge in [0.15, 0.2) is 5.58 Å². The summed E-state index contributed by atoms with van der Waals surface area (Å²) in [6, 6.07) is 8.35. The van der Waals surface area contributed by atoms with Crippen molar-refractivity contribution in [2.75, 3.05) is 38.2 Å². The van der Waals surface area contributed by atoms with Gasteiger partial charge in [0.05, 0.1) is 13.2 Å². The first-order valence-electron chi connectivity index (χ1n) is 6.30. The Morgan fingerprint density at radius 1 is 1.39 bits per heavy atom. The van der Waals surface area contributed by atoms with Crippen molar-refractivity contribution in [3.63, 3.8) is 0 Å². The minimum Gasteiger partial charge on any atom is -0.424 e. The van der Waals surface area contributed by atoms with Crippen LogP contribution in [0.5, 0.6) is 0 Å². The smallest absolute Gasteiger partial charge is 0.295 e. The van der Waals surface area contributed by atoms with Gasteiger partial charge in [0.1, 0.15) is 5.52 Å². The summed E-state index contributed by atoms with van der Waals surface area (Å²) in [5.74, 6) is 0.447. The molecular formula is C13H17N3O2. The first kappa shape index (κ1) is 11.5. The summed E-state index contributed by atoms with van der Waals surface area (Å²) in [6.45, 7) is 4.27. The van der Waals surface area contributed by atoms with E-state index in [4.69, 9.17) is 9.15 Å². The van der Waals surface area contributed by atoms with Crippen LogP contribution in [0.1, 0.15) is 0 Å². The fraction of sp³-hybridized carbons (Fsp3) is 0.462. The molecule has 1 unspecified atom stereocenters. The molecule has 96 valence electrons. The van der Waals surface area contributed by atoms with Crippen molar-refractivity contribution in [3.8, 4) is 0 Å². The van der Waals surface area contributed by atoms with Crippen LogP contribution in [-0.4, -0.2) is 37.8 Å². The Hall–Kier alpha value is -1.59. The summed E-state index contributed by atoms with van der Waals surface area (Å²) in [5.41, 5.74) is 1.70. The highest BCUT2D eigenvalue weighted by Crippen LogP contribution is 2.18. The summed E-state index contributed by atoms with van der Waals surface area (Å²) in [5, 5.41) is 6.58. The van der Waals surface area contributed by atoms with Crippen LogP contribution in [0.4, 0.5) is 6.01 Å². The first-order chi connectivity index (χ1) is 8.92. The summed E-state index contributed by atoms with van der Waals surface area (Å²) in [4.78, 5) is 4.38. The summed E-state index contributed by atoms with van der Waals surface area (Å²) >= 11 is 0. The Morgan fingerprint density at radius 2 is 2.33 bits per heavy atom. The summed E-state index contributed by atoms with van der Waals surface area (Å²) < 4.78 is 11.1. The van der Waals surface area contributed by atoms with Crippen LogP contribution in [0.2, 0.25) is 0 Å². The lowest BCUT2D eigenvalue weighted by Gasteiger charge is -2.13. The molecule has 0 saturated carbocycles. The molecule has 1 aromatic carbocycles. The second kappa shape index (κ2) is 5.37. The molecular weight excluding hydrogens is 230 g/mol. The van der Waals surface area contributed by atoms with Crippen LogP contribution in [0.3, 0.4) is 0 Å². The van der Waals surface area contributed by atoms with Crippen molar-refractivity contribution in [2.45, 2.75) is 0 Å². The van der Waals surface area contributed by atoms with Gasteiger partial charge in [-0.15, -0.1) is 0 Å². The zero-order valence-corrected chi connectivity index (χ0v) is 10.2. The van der Waals surface area contributed by atoms with Crippen LogP contribution in [0, 0.1) is 5.92 Å². The van der Waals surface area contributed by atoms with E-state index in [1.165, 1.54) is 0 Å². The molecule has 1 aromatic heterocycles. The second-order valence-corrected chi connectivity index (χ2v) is 4.51. The Balaban J connectivity index is 1.61. The van der Waals surface area contributed by atoms with E-state index < -0.39 is 0 Å². The molecule has 0 radical (unpaired) electrons. The largest absolute Gasteiger partial charge is 0.424 e. The molecule has 2 aromatic rings. The van der Waals surface area contributed by atoms with Gasteiger partial charge < -0.3 is 19.8 Å². The zero-order valence-electron chi connectivity index (χ0n) is 10.2. The molecule has 3 rings (SSSR count). The Bertz CT molecular complexity index is 471. The molecule has 0 bridgehead atoms. The molecule has 1 atom stereocenters. The van der Waals surface area contributed by atoms with Gasteiger partial charge in [0, 0.05) is 25.6 Å². The Kier molecular flexibility index (Phi) is 3.43. The summed E-state index contributed by atoms with van der Waals surface area (Å²) in [7, 11) is 0. The predicted molar refractivity (Wildman–Crippen MR) is 69.7 cm³/mol. The highest BCUT2D eigenvalue weighted by atomic mass is 16.5. The van der Waals surface area contributed by atoms with Crippen LogP contribution in [-0.2, 0) is 4.74 Å². The van der Waals surface area contributed by atoms with Crippen molar-refractivity contribution < 1.29 is 9.15 Å². The van der Waals surface area contributed by atoms with E-state index in [0.29, 0.717) is 11.9 Å². The predicted octanol–water partition coefficient (Wildman–Crippen LogP) is 1.48. The quantitative estimate of drug-likeness (QED) is 0.860. The molecule has 5 heteroatoms. The maximum absolute atomic E-state index is 5.61. The van der Waals surface area contributed by atoms with E-state index in [0.717, 1.165) is 43.9 Å². The molecule has 2 heterocycles. The number of hydrogen-bond acceptors (Lipinski definition) is 5. The number of para-hydroxylation sites is 2. The van der Waals surface area contributed by atoms with Crippen LogP contribution in [0.25, 0.3) is 11.1 Å². The lowest BCUT2D eigenvalue weighted by atomic mass is 10.1. The monoisotopic (exact) mass is 247 g/mol. The lowest BCUT2D eigenvalue weighted by molar-refractivity contribution is 0.127. The van der Waals surface area contributed by atoms with Gasteiger partial charge in [-0.3, -0.25) is 0 Å². The number of anilines is 1. The number of aromatic nitrogens is 1. The molecule has 2 N–H and O–H groups in total. The number of rotatable bonds is 3. The fourth-order valence-electron chi connectivity index (χ4n) is 2.07. The van der Waals surface area contributed by atoms with E-state index in [9.17, 15) is 0 Å². The standard InChI is InChI=1S/C13H17N3O2/c1-2-4-12-11(3-1)16-13(18-12)15-8-10-7-14-5-6-17-9-10/h1-4,10,14H,5-9H2,(H,15,16). The number of benzene rings is 1. The van der Waals surface area contributed by atoms with E-state index in [1.54, 1.807) is 0 Å². The van der Waals surface area contributed by atoms with Crippen molar-refractivity contribution in [3.05, 3.63) is 24.3 Å². The van der Waals surface area contributed by atoms with Crippen LogP contribution >= 0.6 is 0 Å². The number of ether oxygens (including phenoxy) is 1. The topological polar surface area (TPSA) is 59.3 Å². The fourth-order valence-corrected chi connectivity index (χ4v) is 2.07. The molecule has 0 aliphatic carbocycles. The molecule has 0 amide bonds. The van der Waals surface area contributed by atoms with Gasteiger partial charge in [0.2, 0.25) is 0 Å². The number of fused-ring (bicyclic) bond motifs is 1. The number of oxazole rings is 1. The normalized spacial score (nSPS) is 20.8. The molecule has 1 aliphatic heterocycles. The molecule has 1 aliphatic rings. The van der Waals surface area contributed by atoms with Gasteiger partial charge in [-0.05, 0) is 12.1 Å². The van der Waals surface area contributed by atoms with Crippen molar-refractivity contribution in [1.82, 2.24) is 10.3 Å². The van der Waals surface area contributed by atoms with Gasteiger partial charge in [-0.1, -0.05) is 12.1 Å². The van der Waals surface area contributed by atoms with Crippen LogP contribution < -0.4 is 10.6 Å². The molecule has 5 nitrogen and oxygen atoms in total. The maximum atomic E-state index is 5.61. The molecule has 0 spiro atoms. The van der Waals surface area contributed by atoms with Crippen molar-refractivity contribution in [2.24, 2.45) is 5.92 Å². The third kappa shape index (κ3) is 2.63. The number of nitrogens with zero attached hydrogens (tertiary/aromatic N) is 1. The number of hydrogen-bond donors (Lipinski definition) is 2. The average Bonchev–Trinajstić information content (AvgIpc) is 2.63. The average molecular weight is 247 g/mol. The number of nitrogens with one attached hydrogen (secondary N) is 2. The van der Waals surface area contributed by atoms with Crippen LogP contribution in [0.15, 0.2) is 28.7 Å². The second-order valence-electron chi connectivity index (χ2n) is 4.51. The molecule has 18 heavy (non-hydrogen) atoms. The van der Waals surface area contributed by atoms with Gasteiger partial charge >= 0.3 is 0 Å². The van der Waals surface area contributed by atoms with E-state index in [-0.39, 0.29) is 0 Å². The van der Waals surface area contributed by atoms with Crippen molar-refractivity contribution >= 4 is 17.1 Å². The van der Waals surface area contributed by atoms with Gasteiger partial charge in [0.25, 0.3) is 6.01 Å². The van der Waals surface area contributed by atoms with E-state index >= 15 is 0 Å². The highest BCUT2D eigenvalue weighted by Gasteiger charge is 2.13. The molecule has 1 fully saturated rings. The third-order valence-corrected chi connectivity index (χ3v) is 3.05. The van der Waals surface area contributed by atoms with E-state index in [2.05, 4.69) is 15.6 Å². The SMILES string of the molecule is c1ccc2oc(NCC3CNCCOC3)nc2c1. The Labute approximate surface area is 106 Å². The zero-order chi connectivity index (χ0) is 12.2. The molecule has 1 saturated heterocycles. The summed E-state index contributed by atoms with van der Waals surface area (Å²) in [6.07, 6.45) is 0. The lowest BCUT2D eigenvalue weighted by Crippen LogP contribution is -2.28. The Morgan fingerprint density at radius 3 is 3.28 bits per heavy atom. The third-order valence-electron chi connectivity index (χ3n) is 3.05.